The van der Waals surface area contributed by atoms with Crippen LogP contribution in [0, 0.1) is 0 Å². The molecule has 0 unspecified atom stereocenters. The zero-order chi connectivity index (χ0) is 18.0. The monoisotopic (exact) mass is 358 g/mol. The second-order valence-corrected chi connectivity index (χ2v) is 5.65. The number of ether oxygens (including phenoxy) is 2. The number of hydrogen-bond donors (Lipinski definition) is 2. The first-order valence-corrected chi connectivity index (χ1v) is 7.75. The van der Waals surface area contributed by atoms with Crippen LogP contribution >= 0.6 is 11.6 Å². The molecule has 6 nitrogen and oxygen atoms in total. The Hall–Kier alpha value is -2.99. The standard InChI is InChI=1S/C18H15ClN2O4/c1-24-11-4-5-15-12(8-11)13(9-20-15)17(22)18(23)21-10-3-6-16(25-2)14(19)7-10/h3-9,20H,1-2H3,(H,21,23). The van der Waals surface area contributed by atoms with E-state index >= 15 is 0 Å². The number of nitrogens with one attached hydrogen (secondary N) is 2. The lowest BCUT2D eigenvalue weighted by molar-refractivity contribution is -0.112. The molecule has 0 atom stereocenters. The molecule has 0 aliphatic carbocycles. The normalized spacial score (nSPS) is 10.5. The Bertz CT molecular complexity index is 965. The summed E-state index contributed by atoms with van der Waals surface area (Å²) in [4.78, 5) is 27.8. The molecule has 0 aliphatic rings. The van der Waals surface area contributed by atoms with Crippen molar-refractivity contribution in [2.75, 3.05) is 19.5 Å². The van der Waals surface area contributed by atoms with Crippen molar-refractivity contribution in [1.82, 2.24) is 4.98 Å². The Labute approximate surface area is 148 Å². The van der Waals surface area contributed by atoms with E-state index in [-0.39, 0.29) is 5.56 Å². The first kappa shape index (κ1) is 16.9. The van der Waals surface area contributed by atoms with Gasteiger partial charge in [-0.2, -0.15) is 0 Å². The predicted molar refractivity (Wildman–Crippen MR) is 95.8 cm³/mol. The van der Waals surface area contributed by atoms with Crippen LogP contribution in [0.3, 0.4) is 0 Å². The Morgan fingerprint density at radius 1 is 1.08 bits per heavy atom. The number of aromatic nitrogens is 1. The number of halogens is 1. The van der Waals surface area contributed by atoms with Gasteiger partial charge in [-0.3, -0.25) is 9.59 Å². The maximum absolute atomic E-state index is 12.5. The third kappa shape index (κ3) is 3.29. The molecule has 1 aromatic heterocycles. The largest absolute Gasteiger partial charge is 0.497 e. The second-order valence-electron chi connectivity index (χ2n) is 5.25. The lowest BCUT2D eigenvalue weighted by Gasteiger charge is -2.07. The number of carbonyl (C=O) groups excluding carboxylic acids is 2. The van der Waals surface area contributed by atoms with Gasteiger partial charge in [0.2, 0.25) is 0 Å². The van der Waals surface area contributed by atoms with Gasteiger partial charge in [0.25, 0.3) is 11.7 Å². The quantitative estimate of drug-likeness (QED) is 0.538. The topological polar surface area (TPSA) is 80.4 Å². The van der Waals surface area contributed by atoms with Gasteiger partial charge in [0, 0.05) is 22.8 Å². The van der Waals surface area contributed by atoms with Crippen molar-refractivity contribution in [2.24, 2.45) is 0 Å². The minimum absolute atomic E-state index is 0.269. The zero-order valence-corrected chi connectivity index (χ0v) is 14.3. The highest BCUT2D eigenvalue weighted by molar-refractivity contribution is 6.48. The van der Waals surface area contributed by atoms with E-state index in [1.807, 2.05) is 0 Å². The highest BCUT2D eigenvalue weighted by Gasteiger charge is 2.20. The van der Waals surface area contributed by atoms with E-state index in [4.69, 9.17) is 21.1 Å². The molecular formula is C18H15ClN2O4. The van der Waals surface area contributed by atoms with Crippen molar-refractivity contribution in [1.29, 1.82) is 0 Å². The summed E-state index contributed by atoms with van der Waals surface area (Å²) >= 11 is 6.02. The van der Waals surface area contributed by atoms with Crippen molar-refractivity contribution >= 4 is 39.9 Å². The summed E-state index contributed by atoms with van der Waals surface area (Å²) in [5.74, 6) is -0.338. The van der Waals surface area contributed by atoms with Gasteiger partial charge >= 0.3 is 0 Å². The van der Waals surface area contributed by atoms with Gasteiger partial charge in [-0.15, -0.1) is 0 Å². The SMILES string of the molecule is COc1ccc2[nH]cc(C(=O)C(=O)Nc3ccc(OC)c(Cl)c3)c2c1. The van der Waals surface area contributed by atoms with E-state index in [0.29, 0.717) is 27.6 Å². The number of carbonyl (C=O) groups is 2. The van der Waals surface area contributed by atoms with E-state index in [9.17, 15) is 9.59 Å². The number of H-pyrrole nitrogens is 1. The number of ketones is 1. The van der Waals surface area contributed by atoms with Crippen LogP contribution in [0.15, 0.2) is 42.6 Å². The van der Waals surface area contributed by atoms with Gasteiger partial charge in [0.05, 0.1) is 24.8 Å². The first-order valence-electron chi connectivity index (χ1n) is 7.38. The fourth-order valence-corrected chi connectivity index (χ4v) is 2.73. The minimum atomic E-state index is -0.759. The molecule has 7 heteroatoms. The molecular weight excluding hydrogens is 344 g/mol. The van der Waals surface area contributed by atoms with Gasteiger partial charge in [0.15, 0.2) is 0 Å². The zero-order valence-electron chi connectivity index (χ0n) is 13.6. The average molecular weight is 359 g/mol. The van der Waals surface area contributed by atoms with Crippen molar-refractivity contribution in [3.63, 3.8) is 0 Å². The van der Waals surface area contributed by atoms with Crippen LogP contribution < -0.4 is 14.8 Å². The summed E-state index contributed by atoms with van der Waals surface area (Å²) < 4.78 is 10.2. The van der Waals surface area contributed by atoms with Gasteiger partial charge in [0.1, 0.15) is 11.5 Å². The molecule has 1 amide bonds. The fourth-order valence-electron chi connectivity index (χ4n) is 2.47. The van der Waals surface area contributed by atoms with Crippen LogP contribution in [-0.2, 0) is 4.79 Å². The van der Waals surface area contributed by atoms with Crippen LogP contribution in [0.25, 0.3) is 10.9 Å². The summed E-state index contributed by atoms with van der Waals surface area (Å²) in [5.41, 5.74) is 1.41. The molecule has 0 spiro atoms. The third-order valence-corrected chi connectivity index (χ3v) is 4.04. The van der Waals surface area contributed by atoms with Crippen LogP contribution in [-0.4, -0.2) is 30.9 Å². The smallest absolute Gasteiger partial charge is 0.296 e. The molecule has 0 aliphatic heterocycles. The van der Waals surface area contributed by atoms with Crippen molar-refractivity contribution in [3.05, 3.63) is 53.2 Å². The molecule has 1 heterocycles. The molecule has 0 saturated carbocycles. The van der Waals surface area contributed by atoms with Gasteiger partial charge in [-0.1, -0.05) is 11.6 Å². The average Bonchev–Trinajstić information content (AvgIpc) is 3.04. The highest BCUT2D eigenvalue weighted by Crippen LogP contribution is 2.28. The fraction of sp³-hybridized carbons (Fsp3) is 0.111. The summed E-state index contributed by atoms with van der Waals surface area (Å²) in [7, 11) is 3.03. The molecule has 0 saturated heterocycles. The lowest BCUT2D eigenvalue weighted by Crippen LogP contribution is -2.22. The maximum Gasteiger partial charge on any atom is 0.296 e. The Kier molecular flexibility index (Phi) is 4.63. The second kappa shape index (κ2) is 6.86. The van der Waals surface area contributed by atoms with Gasteiger partial charge < -0.3 is 19.8 Å². The third-order valence-electron chi connectivity index (χ3n) is 3.75. The number of fused-ring (bicyclic) bond motifs is 1. The number of rotatable bonds is 5. The Morgan fingerprint density at radius 3 is 2.56 bits per heavy atom. The number of amides is 1. The number of aromatic amines is 1. The number of Topliss-reactive ketones (excluding diaryl/α,β-unsaturated/α-hetero) is 1. The Balaban J connectivity index is 1.85. The Morgan fingerprint density at radius 2 is 1.88 bits per heavy atom. The van der Waals surface area contributed by atoms with E-state index in [1.54, 1.807) is 30.3 Å². The molecule has 0 fully saturated rings. The predicted octanol–water partition coefficient (Wildman–Crippen LogP) is 3.66. The molecule has 0 bridgehead atoms. The number of anilines is 1. The van der Waals surface area contributed by atoms with Gasteiger partial charge in [-0.25, -0.2) is 0 Å². The number of benzene rings is 2. The van der Waals surface area contributed by atoms with Crippen LogP contribution in [0.2, 0.25) is 5.02 Å². The minimum Gasteiger partial charge on any atom is -0.497 e. The van der Waals surface area contributed by atoms with Crippen LogP contribution in [0.4, 0.5) is 5.69 Å². The molecule has 128 valence electrons. The van der Waals surface area contributed by atoms with E-state index in [1.165, 1.54) is 26.5 Å². The lowest BCUT2D eigenvalue weighted by atomic mass is 10.1. The molecule has 25 heavy (non-hydrogen) atoms. The molecule has 3 aromatic rings. The number of hydrogen-bond acceptors (Lipinski definition) is 4. The van der Waals surface area contributed by atoms with Crippen molar-refractivity contribution in [3.8, 4) is 11.5 Å². The van der Waals surface area contributed by atoms with E-state index < -0.39 is 11.7 Å². The van der Waals surface area contributed by atoms with Crippen LogP contribution in [0.5, 0.6) is 11.5 Å². The number of methoxy groups -OCH3 is 2. The van der Waals surface area contributed by atoms with Crippen molar-refractivity contribution in [2.45, 2.75) is 0 Å². The highest BCUT2D eigenvalue weighted by atomic mass is 35.5. The molecule has 2 N–H and O–H groups in total. The molecule has 3 rings (SSSR count). The first-order chi connectivity index (χ1) is 12.0. The van der Waals surface area contributed by atoms with Gasteiger partial charge in [-0.05, 0) is 36.4 Å². The molecule has 0 radical (unpaired) electrons. The van der Waals surface area contributed by atoms with E-state index in [2.05, 4.69) is 10.3 Å². The molecule has 2 aromatic carbocycles. The summed E-state index contributed by atoms with van der Waals surface area (Å²) in [6.07, 6.45) is 1.51. The summed E-state index contributed by atoms with van der Waals surface area (Å²) in [6.45, 7) is 0. The van der Waals surface area contributed by atoms with E-state index in [0.717, 1.165) is 5.52 Å². The summed E-state index contributed by atoms with van der Waals surface area (Å²) in [5, 5.41) is 3.50. The maximum atomic E-state index is 12.5. The summed E-state index contributed by atoms with van der Waals surface area (Å²) in [6, 6.07) is 9.99. The van der Waals surface area contributed by atoms with Crippen molar-refractivity contribution < 1.29 is 19.1 Å². The van der Waals surface area contributed by atoms with Crippen LogP contribution in [0.1, 0.15) is 10.4 Å².